The average molecular weight is 376 g/mol. The van der Waals surface area contributed by atoms with Gasteiger partial charge in [0.15, 0.2) is 18.1 Å². The third-order valence-corrected chi connectivity index (χ3v) is 5.34. The van der Waals surface area contributed by atoms with Gasteiger partial charge in [-0.25, -0.2) is 9.59 Å². The third-order valence-electron chi connectivity index (χ3n) is 5.34. The molecule has 0 radical (unpaired) electrons. The fourth-order valence-corrected chi connectivity index (χ4v) is 3.83. The third kappa shape index (κ3) is 4.93. The Morgan fingerprint density at radius 3 is 2.63 bits per heavy atom. The molecular formula is C21H28O6. The fraction of sp³-hybridized carbons (Fsp3) is 0.619. The minimum Gasteiger partial charge on any atom is -0.486 e. The number of rotatable bonds is 5. The Hall–Kier alpha value is -2.24. The largest absolute Gasteiger partial charge is 0.486 e. The molecule has 1 fully saturated rings. The summed E-state index contributed by atoms with van der Waals surface area (Å²) in [6.45, 7) is 7.03. The van der Waals surface area contributed by atoms with Crippen LogP contribution in [-0.4, -0.2) is 37.9 Å². The van der Waals surface area contributed by atoms with E-state index in [0.717, 1.165) is 19.3 Å². The van der Waals surface area contributed by atoms with E-state index in [1.807, 2.05) is 0 Å². The van der Waals surface area contributed by atoms with Gasteiger partial charge in [-0.2, -0.15) is 0 Å². The van der Waals surface area contributed by atoms with Crippen molar-refractivity contribution in [3.8, 4) is 11.5 Å². The number of ether oxygens (including phenoxy) is 4. The molecule has 0 saturated heterocycles. The molecule has 0 N–H and O–H groups in total. The zero-order valence-electron chi connectivity index (χ0n) is 16.2. The predicted octanol–water partition coefficient (Wildman–Crippen LogP) is 3.62. The molecule has 6 heteroatoms. The molecular weight excluding hydrogens is 348 g/mol. The highest BCUT2D eigenvalue weighted by Gasteiger charge is 2.33. The second-order valence-corrected chi connectivity index (χ2v) is 7.79. The standard InChI is InChI=1S/C21H28O6/c1-13(2)16-6-4-14(3)10-18(16)27-20(22)12-26-21(23)15-5-7-17-19(11-15)25-9-8-24-17/h5,7,11,13-14,16,18H,4,6,8-10,12H2,1-3H3/t14-,16+,18-/m0/s1. The van der Waals surface area contributed by atoms with E-state index in [4.69, 9.17) is 18.9 Å². The van der Waals surface area contributed by atoms with Gasteiger partial charge in [-0.3, -0.25) is 0 Å². The van der Waals surface area contributed by atoms with E-state index in [-0.39, 0.29) is 12.7 Å². The Kier molecular flexibility index (Phi) is 6.24. The summed E-state index contributed by atoms with van der Waals surface area (Å²) in [6.07, 6.45) is 2.99. The Balaban J connectivity index is 1.53. The number of carbonyl (C=O) groups is 2. The van der Waals surface area contributed by atoms with Crippen LogP contribution in [0.15, 0.2) is 18.2 Å². The number of hydrogen-bond acceptors (Lipinski definition) is 6. The highest BCUT2D eigenvalue weighted by molar-refractivity contribution is 5.91. The van der Waals surface area contributed by atoms with E-state index in [1.165, 1.54) is 0 Å². The first kappa shape index (κ1) is 19.5. The molecule has 148 valence electrons. The Morgan fingerprint density at radius 1 is 1.15 bits per heavy atom. The Morgan fingerprint density at radius 2 is 1.89 bits per heavy atom. The molecule has 2 aliphatic rings. The van der Waals surface area contributed by atoms with Crippen molar-refractivity contribution in [2.75, 3.05) is 19.8 Å². The second-order valence-electron chi connectivity index (χ2n) is 7.79. The number of hydrogen-bond donors (Lipinski definition) is 0. The molecule has 1 saturated carbocycles. The molecule has 0 spiro atoms. The van der Waals surface area contributed by atoms with Crippen molar-refractivity contribution in [3.05, 3.63) is 23.8 Å². The van der Waals surface area contributed by atoms with E-state index < -0.39 is 11.9 Å². The van der Waals surface area contributed by atoms with Crippen LogP contribution < -0.4 is 9.47 Å². The molecule has 3 rings (SSSR count). The molecule has 0 aromatic heterocycles. The summed E-state index contributed by atoms with van der Waals surface area (Å²) >= 11 is 0. The van der Waals surface area contributed by atoms with Crippen molar-refractivity contribution < 1.29 is 28.5 Å². The molecule has 6 nitrogen and oxygen atoms in total. The normalized spacial score (nSPS) is 24.4. The van der Waals surface area contributed by atoms with E-state index >= 15 is 0 Å². The van der Waals surface area contributed by atoms with Crippen LogP contribution in [0, 0.1) is 17.8 Å². The summed E-state index contributed by atoms with van der Waals surface area (Å²) in [6, 6.07) is 4.83. The molecule has 0 amide bonds. The maximum atomic E-state index is 12.2. The van der Waals surface area contributed by atoms with Crippen molar-refractivity contribution in [3.63, 3.8) is 0 Å². The molecule has 1 aromatic rings. The lowest BCUT2D eigenvalue weighted by atomic mass is 9.75. The highest BCUT2D eigenvalue weighted by Crippen LogP contribution is 2.35. The predicted molar refractivity (Wildman–Crippen MR) is 98.9 cm³/mol. The topological polar surface area (TPSA) is 71.1 Å². The first-order chi connectivity index (χ1) is 12.9. The monoisotopic (exact) mass is 376 g/mol. The smallest absolute Gasteiger partial charge is 0.344 e. The average Bonchev–Trinajstić information content (AvgIpc) is 2.65. The maximum absolute atomic E-state index is 12.2. The van der Waals surface area contributed by atoms with Crippen LogP contribution in [0.1, 0.15) is 50.4 Å². The van der Waals surface area contributed by atoms with Crippen LogP contribution in [0.4, 0.5) is 0 Å². The van der Waals surface area contributed by atoms with Crippen molar-refractivity contribution in [1.29, 1.82) is 0 Å². The van der Waals surface area contributed by atoms with Crippen molar-refractivity contribution in [2.45, 2.75) is 46.1 Å². The number of carbonyl (C=O) groups excluding carboxylic acids is 2. The fourth-order valence-electron chi connectivity index (χ4n) is 3.83. The Bertz CT molecular complexity index is 683. The zero-order valence-corrected chi connectivity index (χ0v) is 16.2. The molecule has 3 atom stereocenters. The van der Waals surface area contributed by atoms with Crippen LogP contribution in [0.3, 0.4) is 0 Å². The van der Waals surface area contributed by atoms with Gasteiger partial charge in [-0.15, -0.1) is 0 Å². The first-order valence-corrected chi connectivity index (χ1v) is 9.70. The van der Waals surface area contributed by atoms with Crippen molar-refractivity contribution in [2.24, 2.45) is 17.8 Å². The van der Waals surface area contributed by atoms with Gasteiger partial charge in [0, 0.05) is 0 Å². The van der Waals surface area contributed by atoms with Crippen molar-refractivity contribution in [1.82, 2.24) is 0 Å². The van der Waals surface area contributed by atoms with Crippen LogP contribution >= 0.6 is 0 Å². The van der Waals surface area contributed by atoms with Gasteiger partial charge >= 0.3 is 11.9 Å². The van der Waals surface area contributed by atoms with E-state index in [2.05, 4.69) is 20.8 Å². The van der Waals surface area contributed by atoms with Gasteiger partial charge < -0.3 is 18.9 Å². The minimum absolute atomic E-state index is 0.103. The molecule has 1 aromatic carbocycles. The molecule has 1 heterocycles. The second kappa shape index (κ2) is 8.63. The van der Waals surface area contributed by atoms with Crippen molar-refractivity contribution >= 4 is 11.9 Å². The molecule has 0 unspecified atom stereocenters. The summed E-state index contributed by atoms with van der Waals surface area (Å²) in [5, 5.41) is 0. The summed E-state index contributed by atoms with van der Waals surface area (Å²) in [7, 11) is 0. The molecule has 27 heavy (non-hydrogen) atoms. The lowest BCUT2D eigenvalue weighted by Crippen LogP contribution is -2.36. The molecule has 1 aliphatic heterocycles. The Labute approximate surface area is 160 Å². The van der Waals surface area contributed by atoms with E-state index in [9.17, 15) is 9.59 Å². The SMILES string of the molecule is CC(C)[C@H]1CC[C@H](C)C[C@@H]1OC(=O)COC(=O)c1ccc2c(c1)OCCO2. The van der Waals surface area contributed by atoms with Crippen LogP contribution in [0.25, 0.3) is 0 Å². The van der Waals surface area contributed by atoms with Gasteiger partial charge in [0.25, 0.3) is 0 Å². The summed E-state index contributed by atoms with van der Waals surface area (Å²) in [4.78, 5) is 24.4. The summed E-state index contributed by atoms with van der Waals surface area (Å²) < 4.78 is 21.7. The first-order valence-electron chi connectivity index (χ1n) is 9.70. The maximum Gasteiger partial charge on any atom is 0.344 e. The highest BCUT2D eigenvalue weighted by atomic mass is 16.6. The quantitative estimate of drug-likeness (QED) is 0.731. The van der Waals surface area contributed by atoms with Crippen LogP contribution in [0.2, 0.25) is 0 Å². The van der Waals surface area contributed by atoms with Gasteiger partial charge in [0.05, 0.1) is 5.56 Å². The summed E-state index contributed by atoms with van der Waals surface area (Å²) in [5.74, 6) is 1.39. The van der Waals surface area contributed by atoms with Gasteiger partial charge in [0.2, 0.25) is 0 Å². The lowest BCUT2D eigenvalue weighted by Gasteiger charge is -2.36. The van der Waals surface area contributed by atoms with Gasteiger partial charge in [-0.05, 0) is 48.8 Å². The van der Waals surface area contributed by atoms with Gasteiger partial charge in [0.1, 0.15) is 19.3 Å². The number of esters is 2. The van der Waals surface area contributed by atoms with Crippen LogP contribution in [0.5, 0.6) is 11.5 Å². The molecule has 1 aliphatic carbocycles. The van der Waals surface area contributed by atoms with Gasteiger partial charge in [-0.1, -0.05) is 27.2 Å². The van der Waals surface area contributed by atoms with E-state index in [1.54, 1.807) is 18.2 Å². The zero-order chi connectivity index (χ0) is 19.4. The number of benzene rings is 1. The van der Waals surface area contributed by atoms with Crippen LogP contribution in [-0.2, 0) is 14.3 Å². The summed E-state index contributed by atoms with van der Waals surface area (Å²) in [5.41, 5.74) is 0.318. The molecule has 0 bridgehead atoms. The van der Waals surface area contributed by atoms with E-state index in [0.29, 0.717) is 48.0 Å². The number of fused-ring (bicyclic) bond motifs is 1. The lowest BCUT2D eigenvalue weighted by molar-refractivity contribution is -0.159. The minimum atomic E-state index is -0.582.